The Hall–Kier alpha value is 0.276. The molecule has 0 N–H and O–H groups in total. The predicted octanol–water partition coefficient (Wildman–Crippen LogP) is -0.188. The van der Waals surface area contributed by atoms with E-state index < -0.39 is 0 Å². The van der Waals surface area contributed by atoms with Gasteiger partial charge in [0.1, 0.15) is 0 Å². The van der Waals surface area contributed by atoms with E-state index in [9.17, 15) is 0 Å². The monoisotopic (exact) mass is 206 g/mol. The minimum Gasteiger partial charge on any atom is -1.00 e. The second kappa shape index (κ2) is 6.69. The Kier molecular flexibility index (Phi) is 8.10. The van der Waals surface area contributed by atoms with Gasteiger partial charge >= 0.3 is 23.1 Å². The summed E-state index contributed by atoms with van der Waals surface area (Å²) >= 11 is 0. The standard InChI is InChI=1S/C11H15.ClH.Mg/c1-4-11(2,3)10-8-6-5-7-9-10;;/h5-9H,1,4H2,2-3H3;1H;/q-1;;+2/p-1. The van der Waals surface area contributed by atoms with Gasteiger partial charge in [-0.15, -0.1) is 0 Å². The van der Waals surface area contributed by atoms with E-state index in [4.69, 9.17) is 0 Å². The smallest absolute Gasteiger partial charge is 1.00 e. The van der Waals surface area contributed by atoms with Crippen molar-refractivity contribution in [2.45, 2.75) is 25.7 Å². The van der Waals surface area contributed by atoms with Gasteiger partial charge in [-0.2, -0.15) is 6.42 Å². The summed E-state index contributed by atoms with van der Waals surface area (Å²) in [6, 6.07) is 10.5. The van der Waals surface area contributed by atoms with Crippen molar-refractivity contribution in [1.82, 2.24) is 0 Å². The average molecular weight is 207 g/mol. The van der Waals surface area contributed by atoms with Gasteiger partial charge < -0.3 is 19.3 Å². The van der Waals surface area contributed by atoms with Gasteiger partial charge in [0.2, 0.25) is 0 Å². The molecule has 0 radical (unpaired) electrons. The predicted molar refractivity (Wildman–Crippen MR) is 55.2 cm³/mol. The van der Waals surface area contributed by atoms with E-state index in [0.717, 1.165) is 6.42 Å². The molecule has 0 saturated carbocycles. The Morgan fingerprint density at radius 1 is 1.15 bits per heavy atom. The van der Waals surface area contributed by atoms with E-state index in [-0.39, 0.29) is 40.9 Å². The Labute approximate surface area is 104 Å². The molecule has 2 heteroatoms. The zero-order valence-corrected chi connectivity index (χ0v) is 10.6. The van der Waals surface area contributed by atoms with E-state index in [1.807, 2.05) is 6.07 Å². The molecule has 0 heterocycles. The van der Waals surface area contributed by atoms with Gasteiger partial charge in [-0.05, 0) is 11.0 Å². The molecule has 0 amide bonds. The van der Waals surface area contributed by atoms with Gasteiger partial charge in [0.15, 0.2) is 0 Å². The first-order valence-electron chi connectivity index (χ1n) is 4.01. The van der Waals surface area contributed by atoms with Gasteiger partial charge in [0.25, 0.3) is 0 Å². The molecule has 0 spiro atoms. The van der Waals surface area contributed by atoms with Gasteiger partial charge in [0.05, 0.1) is 0 Å². The second-order valence-electron chi connectivity index (χ2n) is 3.50. The molecule has 0 aromatic heterocycles. The van der Waals surface area contributed by atoms with Crippen molar-refractivity contribution >= 4 is 23.1 Å². The summed E-state index contributed by atoms with van der Waals surface area (Å²) in [6.45, 7) is 8.37. The quantitative estimate of drug-likeness (QED) is 0.465. The summed E-state index contributed by atoms with van der Waals surface area (Å²) in [5, 5.41) is 0. The first-order valence-corrected chi connectivity index (χ1v) is 4.01. The summed E-state index contributed by atoms with van der Waals surface area (Å²) in [5.74, 6) is 0. The number of hydrogen-bond donors (Lipinski definition) is 0. The first-order chi connectivity index (χ1) is 5.17. The van der Waals surface area contributed by atoms with Crippen molar-refractivity contribution < 1.29 is 12.4 Å². The molecule has 1 aromatic carbocycles. The Balaban J connectivity index is 0. The van der Waals surface area contributed by atoms with Gasteiger partial charge in [-0.1, -0.05) is 44.2 Å². The fraction of sp³-hybridized carbons (Fsp3) is 0.364. The summed E-state index contributed by atoms with van der Waals surface area (Å²) in [5.41, 5.74) is 1.59. The van der Waals surface area contributed by atoms with Crippen LogP contribution in [-0.2, 0) is 5.41 Å². The molecule has 0 aliphatic heterocycles. The molecule has 0 fully saturated rings. The number of hydrogen-bond acceptors (Lipinski definition) is 0. The molecule has 0 atom stereocenters. The summed E-state index contributed by atoms with van der Waals surface area (Å²) in [6.07, 6.45) is 0.941. The molecule has 0 aliphatic carbocycles. The van der Waals surface area contributed by atoms with Crippen molar-refractivity contribution in [3.05, 3.63) is 42.8 Å². The fourth-order valence-electron chi connectivity index (χ4n) is 1.03. The Bertz CT molecular complexity index is 219. The molecule has 0 bridgehead atoms. The van der Waals surface area contributed by atoms with E-state index in [1.54, 1.807) is 0 Å². The molecule has 1 aromatic rings. The molecular weight excluding hydrogens is 192 g/mol. The SMILES string of the molecule is [CH2-]CC(C)(C)c1ccccc1.[Cl-].[Mg+2]. The molecular formula is C11H15ClMg. The first kappa shape index (κ1) is 15.7. The number of rotatable bonds is 2. The van der Waals surface area contributed by atoms with E-state index in [0.29, 0.717) is 0 Å². The van der Waals surface area contributed by atoms with Crippen LogP contribution >= 0.6 is 0 Å². The molecule has 0 aliphatic rings. The van der Waals surface area contributed by atoms with Crippen LogP contribution in [0.15, 0.2) is 30.3 Å². The molecule has 0 unspecified atom stereocenters. The second-order valence-corrected chi connectivity index (χ2v) is 3.50. The third-order valence-corrected chi connectivity index (χ3v) is 2.18. The van der Waals surface area contributed by atoms with Crippen LogP contribution in [0.3, 0.4) is 0 Å². The van der Waals surface area contributed by atoms with Gasteiger partial charge in [-0.25, -0.2) is 0 Å². The van der Waals surface area contributed by atoms with Crippen LogP contribution in [0.5, 0.6) is 0 Å². The third-order valence-electron chi connectivity index (χ3n) is 2.18. The molecule has 1 rings (SSSR count). The summed E-state index contributed by atoms with van der Waals surface area (Å²) in [4.78, 5) is 0. The molecule has 0 saturated heterocycles. The van der Waals surface area contributed by atoms with Crippen molar-refractivity contribution in [2.24, 2.45) is 0 Å². The Morgan fingerprint density at radius 2 is 1.62 bits per heavy atom. The maximum Gasteiger partial charge on any atom is 2.00 e. The third kappa shape index (κ3) is 4.34. The van der Waals surface area contributed by atoms with Crippen LogP contribution in [-0.4, -0.2) is 23.1 Å². The zero-order valence-electron chi connectivity index (χ0n) is 8.39. The maximum absolute atomic E-state index is 3.93. The van der Waals surface area contributed by atoms with Gasteiger partial charge in [-0.3, -0.25) is 0 Å². The normalized spacial score (nSPS) is 9.77. The average Bonchev–Trinajstić information content (AvgIpc) is 2.06. The van der Waals surface area contributed by atoms with Gasteiger partial charge in [0, 0.05) is 0 Å². The van der Waals surface area contributed by atoms with Crippen molar-refractivity contribution in [3.63, 3.8) is 0 Å². The largest absolute Gasteiger partial charge is 2.00 e. The molecule has 68 valence electrons. The van der Waals surface area contributed by atoms with E-state index in [2.05, 4.69) is 45.0 Å². The van der Waals surface area contributed by atoms with Crippen molar-refractivity contribution in [2.75, 3.05) is 0 Å². The van der Waals surface area contributed by atoms with Crippen LogP contribution in [0, 0.1) is 6.92 Å². The van der Waals surface area contributed by atoms with E-state index in [1.165, 1.54) is 5.56 Å². The maximum atomic E-state index is 3.93. The summed E-state index contributed by atoms with van der Waals surface area (Å²) in [7, 11) is 0. The molecule has 13 heavy (non-hydrogen) atoms. The summed E-state index contributed by atoms with van der Waals surface area (Å²) < 4.78 is 0. The van der Waals surface area contributed by atoms with E-state index >= 15 is 0 Å². The van der Waals surface area contributed by atoms with Crippen LogP contribution < -0.4 is 12.4 Å². The topological polar surface area (TPSA) is 0 Å². The van der Waals surface area contributed by atoms with Crippen molar-refractivity contribution in [1.29, 1.82) is 0 Å². The van der Waals surface area contributed by atoms with Crippen LogP contribution in [0.25, 0.3) is 0 Å². The Morgan fingerprint density at radius 3 is 2.00 bits per heavy atom. The van der Waals surface area contributed by atoms with Crippen LogP contribution in [0.1, 0.15) is 25.8 Å². The van der Waals surface area contributed by atoms with Crippen LogP contribution in [0.2, 0.25) is 0 Å². The van der Waals surface area contributed by atoms with Crippen molar-refractivity contribution in [3.8, 4) is 0 Å². The number of halogens is 1. The van der Waals surface area contributed by atoms with Crippen LogP contribution in [0.4, 0.5) is 0 Å². The minimum absolute atomic E-state index is 0. The number of benzene rings is 1. The molecule has 0 nitrogen and oxygen atoms in total. The fourth-order valence-corrected chi connectivity index (χ4v) is 1.03. The zero-order chi connectivity index (χ0) is 8.32. The minimum atomic E-state index is 0.